The molecule has 13 heteroatoms. The van der Waals surface area contributed by atoms with E-state index < -0.39 is 16.9 Å². The quantitative estimate of drug-likeness (QED) is 0.196. The van der Waals surface area contributed by atoms with Crippen molar-refractivity contribution in [2.45, 2.75) is 0 Å². The SMILES string of the molecule is NCCNC(=S)Nc1c(Cl)cc([N+](=O)[O-])cc1Cl.O=C(O)/C=C\C(=O)O. The van der Waals surface area contributed by atoms with Crippen molar-refractivity contribution in [1.82, 2.24) is 5.32 Å². The standard InChI is InChI=1S/C9H10Cl2N4O2S.C4H4O4/c10-6-3-5(15(16)17)4-7(11)8(6)14-9(18)13-2-1-12;5-3(6)1-2-4(7)8/h3-4H,1-2,12H2,(H2,13,14,18);1-2H,(H,5,6)(H,7,8)/b;2-1-. The molecule has 0 radical (unpaired) electrons. The van der Waals surface area contributed by atoms with E-state index >= 15 is 0 Å². The van der Waals surface area contributed by atoms with E-state index in [2.05, 4.69) is 10.6 Å². The number of carboxylic acids is 2. The molecule has 0 fully saturated rings. The Labute approximate surface area is 162 Å². The van der Waals surface area contributed by atoms with Crippen LogP contribution in [-0.4, -0.2) is 45.3 Å². The fourth-order valence-electron chi connectivity index (χ4n) is 1.27. The molecular formula is C13H14Cl2N4O6S. The molecule has 0 aromatic heterocycles. The van der Waals surface area contributed by atoms with Crippen LogP contribution in [-0.2, 0) is 9.59 Å². The summed E-state index contributed by atoms with van der Waals surface area (Å²) in [6, 6.07) is 2.39. The summed E-state index contributed by atoms with van der Waals surface area (Å²) >= 11 is 16.8. The van der Waals surface area contributed by atoms with E-state index in [0.717, 1.165) is 0 Å². The first-order chi connectivity index (χ1) is 12.1. The molecular weight excluding hydrogens is 411 g/mol. The summed E-state index contributed by atoms with van der Waals surface area (Å²) in [5.41, 5.74) is 5.44. The van der Waals surface area contributed by atoms with Gasteiger partial charge in [0.25, 0.3) is 5.69 Å². The number of carbonyl (C=O) groups is 2. The number of nitrogens with two attached hydrogens (primary N) is 1. The predicted molar refractivity (Wildman–Crippen MR) is 101 cm³/mol. The van der Waals surface area contributed by atoms with Crippen LogP contribution in [0.4, 0.5) is 11.4 Å². The van der Waals surface area contributed by atoms with Crippen LogP contribution in [0, 0.1) is 10.1 Å². The van der Waals surface area contributed by atoms with Gasteiger partial charge in [0.1, 0.15) is 0 Å². The highest BCUT2D eigenvalue weighted by Crippen LogP contribution is 2.34. The number of nitro groups is 1. The summed E-state index contributed by atoms with van der Waals surface area (Å²) in [5.74, 6) is -2.51. The van der Waals surface area contributed by atoms with E-state index in [9.17, 15) is 19.7 Å². The van der Waals surface area contributed by atoms with E-state index in [1.165, 1.54) is 12.1 Å². The van der Waals surface area contributed by atoms with Crippen LogP contribution in [0.3, 0.4) is 0 Å². The van der Waals surface area contributed by atoms with Gasteiger partial charge < -0.3 is 26.6 Å². The van der Waals surface area contributed by atoms with Crippen LogP contribution in [0.15, 0.2) is 24.3 Å². The lowest BCUT2D eigenvalue weighted by Gasteiger charge is -2.12. The lowest BCUT2D eigenvalue weighted by molar-refractivity contribution is -0.384. The molecule has 10 nitrogen and oxygen atoms in total. The molecule has 1 rings (SSSR count). The van der Waals surface area contributed by atoms with Crippen molar-refractivity contribution in [3.8, 4) is 0 Å². The topological polar surface area (TPSA) is 168 Å². The van der Waals surface area contributed by atoms with Crippen molar-refractivity contribution in [3.63, 3.8) is 0 Å². The summed E-state index contributed by atoms with van der Waals surface area (Å²) in [7, 11) is 0. The minimum atomic E-state index is -1.26. The number of halogens is 2. The Morgan fingerprint density at radius 1 is 1.23 bits per heavy atom. The largest absolute Gasteiger partial charge is 0.478 e. The van der Waals surface area contributed by atoms with Gasteiger partial charge >= 0.3 is 11.9 Å². The van der Waals surface area contributed by atoms with Crippen LogP contribution in [0.2, 0.25) is 10.0 Å². The molecule has 0 saturated carbocycles. The number of carboxylic acid groups (broad SMARTS) is 2. The van der Waals surface area contributed by atoms with Crippen molar-refractivity contribution >= 4 is 63.8 Å². The second-order valence-corrected chi connectivity index (χ2v) is 5.44. The monoisotopic (exact) mass is 424 g/mol. The third-order valence-corrected chi connectivity index (χ3v) is 3.12. The zero-order valence-corrected chi connectivity index (χ0v) is 15.3. The minimum absolute atomic E-state index is 0.117. The molecule has 6 N–H and O–H groups in total. The summed E-state index contributed by atoms with van der Waals surface area (Å²) in [6.07, 6.45) is 1.12. The highest BCUT2D eigenvalue weighted by molar-refractivity contribution is 7.80. The number of nitro benzene ring substituents is 1. The Hall–Kier alpha value is -2.47. The van der Waals surface area contributed by atoms with Crippen LogP contribution in [0.25, 0.3) is 0 Å². The molecule has 0 heterocycles. The van der Waals surface area contributed by atoms with Gasteiger partial charge in [0.2, 0.25) is 0 Å². The average Bonchev–Trinajstić information content (AvgIpc) is 2.54. The second kappa shape index (κ2) is 12.0. The fourth-order valence-corrected chi connectivity index (χ4v) is 2.04. The van der Waals surface area contributed by atoms with Gasteiger partial charge in [-0.2, -0.15) is 0 Å². The highest BCUT2D eigenvalue weighted by Gasteiger charge is 2.15. The third kappa shape index (κ3) is 9.74. The average molecular weight is 425 g/mol. The Balaban J connectivity index is 0.000000660. The van der Waals surface area contributed by atoms with Crippen LogP contribution < -0.4 is 16.4 Å². The Bertz CT molecular complexity index is 690. The zero-order chi connectivity index (χ0) is 20.3. The van der Waals surface area contributed by atoms with Gasteiger partial charge in [-0.05, 0) is 12.2 Å². The van der Waals surface area contributed by atoms with Crippen molar-refractivity contribution in [3.05, 3.63) is 44.4 Å². The molecule has 0 amide bonds. The molecule has 0 unspecified atom stereocenters. The summed E-state index contributed by atoms with van der Waals surface area (Å²) in [5, 5.41) is 32.3. The molecule has 0 bridgehead atoms. The molecule has 0 saturated heterocycles. The first-order valence-corrected chi connectivity index (χ1v) is 7.77. The van der Waals surface area contributed by atoms with Crippen LogP contribution in [0.1, 0.15) is 0 Å². The number of rotatable bonds is 6. The van der Waals surface area contributed by atoms with Gasteiger partial charge in [0, 0.05) is 37.4 Å². The third-order valence-electron chi connectivity index (χ3n) is 2.27. The number of hydrogen-bond donors (Lipinski definition) is 5. The van der Waals surface area contributed by atoms with Crippen LogP contribution in [0.5, 0.6) is 0 Å². The van der Waals surface area contributed by atoms with Crippen LogP contribution >= 0.6 is 35.4 Å². The number of benzene rings is 1. The molecule has 1 aromatic carbocycles. The smallest absolute Gasteiger partial charge is 0.328 e. The number of aliphatic carboxylic acids is 2. The Kier molecular flexibility index (Phi) is 10.8. The van der Waals surface area contributed by atoms with Gasteiger partial charge in [-0.15, -0.1) is 0 Å². The van der Waals surface area contributed by atoms with Crippen molar-refractivity contribution in [2.24, 2.45) is 5.73 Å². The number of thiocarbonyl (C=S) groups is 1. The second-order valence-electron chi connectivity index (χ2n) is 4.22. The van der Waals surface area contributed by atoms with Gasteiger partial charge in [-0.1, -0.05) is 23.2 Å². The highest BCUT2D eigenvalue weighted by atomic mass is 35.5. The lowest BCUT2D eigenvalue weighted by atomic mass is 10.3. The van der Waals surface area contributed by atoms with E-state index in [1.807, 2.05) is 0 Å². The maximum Gasteiger partial charge on any atom is 0.328 e. The molecule has 0 atom stereocenters. The number of hydrogen-bond acceptors (Lipinski definition) is 6. The first kappa shape index (κ1) is 23.5. The lowest BCUT2D eigenvalue weighted by Crippen LogP contribution is -2.32. The molecule has 0 spiro atoms. The number of nitrogens with zero attached hydrogens (tertiary/aromatic N) is 1. The van der Waals surface area contributed by atoms with E-state index in [1.54, 1.807) is 0 Å². The van der Waals surface area contributed by atoms with Gasteiger partial charge in [-0.3, -0.25) is 10.1 Å². The van der Waals surface area contributed by atoms with E-state index in [0.29, 0.717) is 30.9 Å². The van der Waals surface area contributed by atoms with E-state index in [4.69, 9.17) is 51.4 Å². The zero-order valence-electron chi connectivity index (χ0n) is 12.9. The van der Waals surface area contributed by atoms with Crippen molar-refractivity contribution in [2.75, 3.05) is 18.4 Å². The maximum atomic E-state index is 10.6. The van der Waals surface area contributed by atoms with Crippen molar-refractivity contribution in [1.29, 1.82) is 0 Å². The molecule has 1 aromatic rings. The maximum absolute atomic E-state index is 10.6. The summed E-state index contributed by atoms with van der Waals surface area (Å²) in [4.78, 5) is 29.1. The normalized spacial score (nSPS) is 9.81. The van der Waals surface area contributed by atoms with Crippen molar-refractivity contribution < 1.29 is 24.7 Å². The number of nitrogens with one attached hydrogen (secondary N) is 2. The molecule has 0 aliphatic heterocycles. The fraction of sp³-hybridized carbons (Fsp3) is 0.154. The predicted octanol–water partition coefficient (Wildman–Crippen LogP) is 1.86. The van der Waals surface area contributed by atoms with Gasteiger partial charge in [-0.25, -0.2) is 9.59 Å². The minimum Gasteiger partial charge on any atom is -0.478 e. The Morgan fingerprint density at radius 3 is 2.04 bits per heavy atom. The number of non-ortho nitro benzene ring substituents is 1. The Morgan fingerprint density at radius 2 is 1.69 bits per heavy atom. The molecule has 142 valence electrons. The molecule has 0 aliphatic rings. The van der Waals surface area contributed by atoms with E-state index in [-0.39, 0.29) is 20.8 Å². The van der Waals surface area contributed by atoms with Gasteiger partial charge in [0.15, 0.2) is 5.11 Å². The first-order valence-electron chi connectivity index (χ1n) is 6.60. The molecule has 0 aliphatic carbocycles. The van der Waals surface area contributed by atoms with Gasteiger partial charge in [0.05, 0.1) is 20.7 Å². The summed E-state index contributed by atoms with van der Waals surface area (Å²) in [6.45, 7) is 0.914. The number of anilines is 1. The summed E-state index contributed by atoms with van der Waals surface area (Å²) < 4.78 is 0. The molecule has 26 heavy (non-hydrogen) atoms.